The molecule has 1 aliphatic heterocycles. The van der Waals surface area contributed by atoms with Crippen molar-refractivity contribution in [1.29, 1.82) is 0 Å². The number of rotatable bonds is 5. The Bertz CT molecular complexity index is 1180. The Kier molecular flexibility index (Phi) is 5.30. The second-order valence-electron chi connectivity index (χ2n) is 9.84. The van der Waals surface area contributed by atoms with E-state index < -0.39 is 38.1 Å². The molecule has 2 aromatic rings. The van der Waals surface area contributed by atoms with Crippen molar-refractivity contribution in [2.45, 2.75) is 61.2 Å². The Morgan fingerprint density at radius 2 is 1.94 bits per heavy atom. The first-order valence-corrected chi connectivity index (χ1v) is 12.7. The van der Waals surface area contributed by atoms with E-state index in [-0.39, 0.29) is 11.8 Å². The summed E-state index contributed by atoms with van der Waals surface area (Å²) in [5.74, 6) is 0.740. The number of hydrogen-bond acceptors (Lipinski definition) is 4. The predicted molar refractivity (Wildman–Crippen MR) is 117 cm³/mol. The van der Waals surface area contributed by atoms with Crippen LogP contribution in [0.25, 0.3) is 0 Å². The lowest BCUT2D eigenvalue weighted by Gasteiger charge is -2.55. The molecular formula is C24H27F3N2O3S. The highest BCUT2D eigenvalue weighted by Crippen LogP contribution is 2.47. The summed E-state index contributed by atoms with van der Waals surface area (Å²) in [7, 11) is -4.21. The van der Waals surface area contributed by atoms with Gasteiger partial charge in [0.2, 0.25) is 10.0 Å². The Hall–Kier alpha value is -2.10. The summed E-state index contributed by atoms with van der Waals surface area (Å²) in [5, 5.41) is 10.1. The van der Waals surface area contributed by atoms with Gasteiger partial charge in [-0.1, -0.05) is 19.1 Å². The van der Waals surface area contributed by atoms with Crippen molar-refractivity contribution in [2.75, 3.05) is 13.1 Å². The van der Waals surface area contributed by atoms with E-state index in [2.05, 4.69) is 9.62 Å². The molecule has 33 heavy (non-hydrogen) atoms. The minimum absolute atomic E-state index is 0.109. The minimum Gasteiger partial charge on any atom is -0.508 e. The minimum atomic E-state index is -4.63. The van der Waals surface area contributed by atoms with Crippen molar-refractivity contribution < 1.29 is 26.7 Å². The number of likely N-dealkylation sites (tertiary alicyclic amines) is 1. The van der Waals surface area contributed by atoms with E-state index in [1.807, 2.05) is 13.0 Å². The van der Waals surface area contributed by atoms with Gasteiger partial charge in [-0.05, 0) is 79.6 Å². The predicted octanol–water partition coefficient (Wildman–Crippen LogP) is 4.06. The third-order valence-corrected chi connectivity index (χ3v) is 8.98. The summed E-state index contributed by atoms with van der Waals surface area (Å²) < 4.78 is 69.1. The molecule has 2 bridgehead atoms. The van der Waals surface area contributed by atoms with Crippen LogP contribution in [0.15, 0.2) is 47.4 Å². The number of phenolic OH excluding ortho intramolecular Hbond substituents is 1. The Morgan fingerprint density at radius 1 is 1.18 bits per heavy atom. The molecule has 5 rings (SSSR count). The number of piperidine rings is 1. The fourth-order valence-electron chi connectivity index (χ4n) is 5.52. The van der Waals surface area contributed by atoms with Crippen LogP contribution in [0.3, 0.4) is 0 Å². The van der Waals surface area contributed by atoms with Crippen LogP contribution in [0.1, 0.15) is 42.9 Å². The van der Waals surface area contributed by atoms with Crippen LogP contribution in [-0.4, -0.2) is 43.6 Å². The van der Waals surface area contributed by atoms with E-state index in [9.17, 15) is 26.7 Å². The van der Waals surface area contributed by atoms with Gasteiger partial charge in [0.15, 0.2) is 0 Å². The van der Waals surface area contributed by atoms with Gasteiger partial charge in [0.05, 0.1) is 10.5 Å². The van der Waals surface area contributed by atoms with Crippen molar-refractivity contribution in [1.82, 2.24) is 9.62 Å². The zero-order valence-electron chi connectivity index (χ0n) is 18.3. The van der Waals surface area contributed by atoms with Crippen molar-refractivity contribution in [3.63, 3.8) is 0 Å². The number of sulfonamides is 1. The molecule has 3 atom stereocenters. The van der Waals surface area contributed by atoms with Gasteiger partial charge < -0.3 is 5.11 Å². The number of fused-ring (bicyclic) bond motifs is 4. The summed E-state index contributed by atoms with van der Waals surface area (Å²) in [5.41, 5.74) is 0.397. The molecule has 1 saturated carbocycles. The van der Waals surface area contributed by atoms with Gasteiger partial charge in [-0.25, -0.2) is 13.1 Å². The molecule has 1 unspecified atom stereocenters. The van der Waals surface area contributed by atoms with Crippen LogP contribution in [0.2, 0.25) is 0 Å². The standard InChI is InChI=1S/C24H27F3N2O3S/c1-23-9-10-29(14-15-5-6-15)21(11-16-7-8-18(30)13-20(16)23)22(23)28-33(31,32)19-4-2-3-17(12-19)24(25,26)27/h2-4,7-8,12-13,15,21-22,28,30H,5-6,9-11,14H2,1H3/t21-,22+,23?/m1/s1. The van der Waals surface area contributed by atoms with Gasteiger partial charge in [0, 0.05) is 24.0 Å². The van der Waals surface area contributed by atoms with E-state index in [4.69, 9.17) is 0 Å². The van der Waals surface area contributed by atoms with E-state index >= 15 is 0 Å². The lowest BCUT2D eigenvalue weighted by molar-refractivity contribution is -0.137. The molecule has 0 amide bonds. The van der Waals surface area contributed by atoms with Gasteiger partial charge >= 0.3 is 6.18 Å². The molecular weight excluding hydrogens is 453 g/mol. The summed E-state index contributed by atoms with van der Waals surface area (Å²) in [6.07, 6.45) is -0.982. The van der Waals surface area contributed by atoms with Crippen LogP contribution in [0.5, 0.6) is 5.75 Å². The van der Waals surface area contributed by atoms with Crippen LogP contribution >= 0.6 is 0 Å². The first-order chi connectivity index (χ1) is 15.5. The van der Waals surface area contributed by atoms with Crippen molar-refractivity contribution in [3.05, 3.63) is 59.2 Å². The summed E-state index contributed by atoms with van der Waals surface area (Å²) >= 11 is 0. The molecule has 2 fully saturated rings. The molecule has 2 aliphatic carbocycles. The van der Waals surface area contributed by atoms with Crippen LogP contribution in [-0.2, 0) is 28.0 Å². The second-order valence-corrected chi connectivity index (χ2v) is 11.6. The smallest absolute Gasteiger partial charge is 0.416 e. The van der Waals surface area contributed by atoms with E-state index in [1.54, 1.807) is 12.1 Å². The number of benzene rings is 2. The van der Waals surface area contributed by atoms with E-state index in [0.717, 1.165) is 36.3 Å². The molecule has 2 aromatic carbocycles. The Labute approximate surface area is 191 Å². The van der Waals surface area contributed by atoms with Gasteiger partial charge in [0.25, 0.3) is 0 Å². The van der Waals surface area contributed by atoms with Crippen molar-refractivity contribution >= 4 is 10.0 Å². The summed E-state index contributed by atoms with van der Waals surface area (Å²) in [6.45, 7) is 3.70. The maximum atomic E-state index is 13.3. The third-order valence-electron chi connectivity index (χ3n) is 7.54. The maximum Gasteiger partial charge on any atom is 0.416 e. The normalized spacial score (nSPS) is 27.9. The molecule has 1 heterocycles. The monoisotopic (exact) mass is 480 g/mol. The molecule has 5 nitrogen and oxygen atoms in total. The number of hydrogen-bond donors (Lipinski definition) is 2. The molecule has 3 aliphatic rings. The fraction of sp³-hybridized carbons (Fsp3) is 0.500. The zero-order valence-corrected chi connectivity index (χ0v) is 19.1. The molecule has 178 valence electrons. The largest absolute Gasteiger partial charge is 0.508 e. The number of phenols is 1. The topological polar surface area (TPSA) is 69.6 Å². The average molecular weight is 481 g/mol. The van der Waals surface area contributed by atoms with Gasteiger partial charge in [-0.3, -0.25) is 4.90 Å². The molecule has 0 aromatic heterocycles. The Morgan fingerprint density at radius 3 is 2.64 bits per heavy atom. The van der Waals surface area contributed by atoms with Gasteiger partial charge in [0.1, 0.15) is 5.75 Å². The molecule has 2 N–H and O–H groups in total. The van der Waals surface area contributed by atoms with E-state index in [0.29, 0.717) is 24.8 Å². The number of halogens is 3. The van der Waals surface area contributed by atoms with E-state index in [1.165, 1.54) is 18.9 Å². The first kappa shape index (κ1) is 22.7. The number of nitrogens with one attached hydrogen (secondary N) is 1. The lowest BCUT2D eigenvalue weighted by atomic mass is 9.62. The summed E-state index contributed by atoms with van der Waals surface area (Å²) in [6, 6.07) is 8.48. The first-order valence-electron chi connectivity index (χ1n) is 11.2. The number of aromatic hydroxyl groups is 1. The quantitative estimate of drug-likeness (QED) is 0.678. The van der Waals surface area contributed by atoms with Crippen LogP contribution in [0.4, 0.5) is 13.2 Å². The third kappa shape index (κ3) is 4.15. The molecule has 0 spiro atoms. The molecule has 0 radical (unpaired) electrons. The van der Waals surface area contributed by atoms with Crippen molar-refractivity contribution in [2.24, 2.45) is 5.92 Å². The second kappa shape index (κ2) is 7.71. The Balaban J connectivity index is 1.54. The highest BCUT2D eigenvalue weighted by atomic mass is 32.2. The van der Waals surface area contributed by atoms with Gasteiger partial charge in [-0.2, -0.15) is 13.2 Å². The SMILES string of the molecule is CC12CCN(CC3CC3)[C@H](Cc3ccc(O)cc31)[C@@H]2NS(=O)(=O)c1cccc(C(F)(F)F)c1. The fourth-order valence-corrected chi connectivity index (χ4v) is 6.95. The highest BCUT2D eigenvalue weighted by molar-refractivity contribution is 7.89. The van der Waals surface area contributed by atoms with Crippen LogP contribution in [0, 0.1) is 5.92 Å². The summed E-state index contributed by atoms with van der Waals surface area (Å²) in [4.78, 5) is 1.95. The number of alkyl halides is 3. The number of nitrogens with zero attached hydrogens (tertiary/aromatic N) is 1. The zero-order chi connectivity index (χ0) is 23.6. The van der Waals surface area contributed by atoms with Crippen molar-refractivity contribution in [3.8, 4) is 5.75 Å². The average Bonchev–Trinajstić information content (AvgIpc) is 3.56. The highest BCUT2D eigenvalue weighted by Gasteiger charge is 2.52. The molecule has 1 saturated heterocycles. The van der Waals surface area contributed by atoms with Crippen LogP contribution < -0.4 is 4.72 Å². The molecule has 9 heteroatoms. The lowest BCUT2D eigenvalue weighted by Crippen LogP contribution is -2.67. The van der Waals surface area contributed by atoms with Gasteiger partial charge in [-0.15, -0.1) is 0 Å². The maximum absolute atomic E-state index is 13.3.